The average Bonchev–Trinajstić information content (AvgIpc) is 2.80. The zero-order chi connectivity index (χ0) is 22.5. The Balaban J connectivity index is 1.81. The van der Waals surface area contributed by atoms with Crippen molar-refractivity contribution in [3.8, 4) is 0 Å². The van der Waals surface area contributed by atoms with Crippen LogP contribution in [0, 0.1) is 0 Å². The normalized spacial score (nSPS) is 11.7. The molecular formula is C25H21N5O2. The summed E-state index contributed by atoms with van der Waals surface area (Å²) >= 11 is 0. The Kier molecular flexibility index (Phi) is 5.89. The van der Waals surface area contributed by atoms with Crippen molar-refractivity contribution in [3.05, 3.63) is 90.0 Å². The highest BCUT2D eigenvalue weighted by Crippen LogP contribution is 2.30. The van der Waals surface area contributed by atoms with Gasteiger partial charge in [-0.25, -0.2) is 19.8 Å². The van der Waals surface area contributed by atoms with Crippen LogP contribution in [0.5, 0.6) is 0 Å². The molecule has 0 bridgehead atoms. The third kappa shape index (κ3) is 4.62. The molecule has 0 aliphatic heterocycles. The molecule has 0 aliphatic rings. The largest absolute Gasteiger partial charge is 0.478 e. The molecule has 0 saturated carbocycles. The summed E-state index contributed by atoms with van der Waals surface area (Å²) in [7, 11) is 0. The Labute approximate surface area is 185 Å². The van der Waals surface area contributed by atoms with Crippen LogP contribution in [-0.2, 0) is 0 Å². The molecule has 0 atom stereocenters. The van der Waals surface area contributed by atoms with Crippen molar-refractivity contribution in [3.63, 3.8) is 0 Å². The number of nitrogens with one attached hydrogen (secondary N) is 1. The standard InChI is InChI=1S/C25H21N5O2/c1-16(28-18-8-4-2-5-9-18)27-15-21-20-13-12-17(25(31)32)14-22(20)30-24(23(21)26)29-19-10-6-3-7-11-19/h2-15H,26H2,1H3,(H,29,30)(H,31,32). The second kappa shape index (κ2) is 9.09. The number of nitrogens with zero attached hydrogens (tertiary/aromatic N) is 3. The molecule has 0 saturated heterocycles. The first-order chi connectivity index (χ1) is 15.5. The minimum absolute atomic E-state index is 0.144. The van der Waals surface area contributed by atoms with Crippen molar-refractivity contribution in [2.45, 2.75) is 6.92 Å². The van der Waals surface area contributed by atoms with E-state index in [2.05, 4.69) is 20.3 Å². The van der Waals surface area contributed by atoms with Gasteiger partial charge in [0.2, 0.25) is 0 Å². The highest BCUT2D eigenvalue weighted by molar-refractivity contribution is 6.10. The first-order valence-corrected chi connectivity index (χ1v) is 9.94. The molecule has 0 radical (unpaired) electrons. The van der Waals surface area contributed by atoms with Crippen LogP contribution in [0.1, 0.15) is 22.8 Å². The SMILES string of the molecule is CC(N=Cc1c(N)c(Nc2ccccc2)nc2cc(C(=O)O)ccc12)=Nc1ccccc1. The highest BCUT2D eigenvalue weighted by atomic mass is 16.4. The maximum atomic E-state index is 11.5. The Morgan fingerprint density at radius 2 is 1.72 bits per heavy atom. The van der Waals surface area contributed by atoms with E-state index < -0.39 is 5.97 Å². The van der Waals surface area contributed by atoms with Gasteiger partial charge in [-0.3, -0.25) is 0 Å². The summed E-state index contributed by atoms with van der Waals surface area (Å²) in [5.41, 5.74) is 9.75. The highest BCUT2D eigenvalue weighted by Gasteiger charge is 2.14. The molecule has 158 valence electrons. The molecular weight excluding hydrogens is 402 g/mol. The monoisotopic (exact) mass is 423 g/mol. The van der Waals surface area contributed by atoms with E-state index in [1.54, 1.807) is 19.2 Å². The van der Waals surface area contributed by atoms with E-state index in [0.717, 1.165) is 11.4 Å². The van der Waals surface area contributed by atoms with Crippen LogP contribution in [0.25, 0.3) is 10.9 Å². The number of hydrogen-bond acceptors (Lipinski definition) is 5. The molecule has 1 aromatic heterocycles. The van der Waals surface area contributed by atoms with Crippen LogP contribution in [0.4, 0.5) is 22.9 Å². The molecule has 4 aromatic rings. The number of nitrogen functional groups attached to an aromatic ring is 1. The van der Waals surface area contributed by atoms with Gasteiger partial charge < -0.3 is 16.2 Å². The summed E-state index contributed by atoms with van der Waals surface area (Å²) in [5.74, 6) is -0.0465. The quantitative estimate of drug-likeness (QED) is 0.293. The number of aromatic nitrogens is 1. The summed E-state index contributed by atoms with van der Waals surface area (Å²) in [6, 6.07) is 23.8. The van der Waals surface area contributed by atoms with Crippen LogP contribution in [-0.4, -0.2) is 28.1 Å². The first-order valence-electron chi connectivity index (χ1n) is 9.94. The van der Waals surface area contributed by atoms with E-state index in [0.29, 0.717) is 33.8 Å². The summed E-state index contributed by atoms with van der Waals surface area (Å²) in [6.45, 7) is 1.80. The number of rotatable bonds is 5. The van der Waals surface area contributed by atoms with E-state index in [1.807, 2.05) is 60.7 Å². The van der Waals surface area contributed by atoms with Crippen LogP contribution < -0.4 is 11.1 Å². The number of para-hydroxylation sites is 2. The number of aromatic carboxylic acids is 1. The Morgan fingerprint density at radius 3 is 2.41 bits per heavy atom. The van der Waals surface area contributed by atoms with Gasteiger partial charge in [0.25, 0.3) is 0 Å². The van der Waals surface area contributed by atoms with Crippen LogP contribution >= 0.6 is 0 Å². The number of nitrogens with two attached hydrogens (primary N) is 1. The molecule has 0 amide bonds. The van der Waals surface area contributed by atoms with Crippen molar-refractivity contribution >= 4 is 51.8 Å². The van der Waals surface area contributed by atoms with Crippen molar-refractivity contribution in [1.82, 2.24) is 4.98 Å². The van der Waals surface area contributed by atoms with Gasteiger partial charge in [-0.2, -0.15) is 0 Å². The lowest BCUT2D eigenvalue weighted by molar-refractivity contribution is 0.0697. The van der Waals surface area contributed by atoms with Crippen molar-refractivity contribution < 1.29 is 9.90 Å². The van der Waals surface area contributed by atoms with Crippen molar-refractivity contribution in [2.75, 3.05) is 11.1 Å². The smallest absolute Gasteiger partial charge is 0.335 e. The fourth-order valence-electron chi connectivity index (χ4n) is 3.21. The number of amidine groups is 1. The first kappa shape index (κ1) is 20.7. The number of carboxylic acids is 1. The van der Waals surface area contributed by atoms with Gasteiger partial charge in [0.05, 0.1) is 22.5 Å². The molecule has 7 heteroatoms. The van der Waals surface area contributed by atoms with Gasteiger partial charge in [-0.15, -0.1) is 0 Å². The van der Waals surface area contributed by atoms with Gasteiger partial charge in [-0.05, 0) is 43.3 Å². The second-order valence-electron chi connectivity index (χ2n) is 7.07. The number of fused-ring (bicyclic) bond motifs is 1. The zero-order valence-electron chi connectivity index (χ0n) is 17.4. The van der Waals surface area contributed by atoms with E-state index in [-0.39, 0.29) is 5.56 Å². The number of anilines is 3. The average molecular weight is 423 g/mol. The molecule has 7 nitrogen and oxygen atoms in total. The van der Waals surface area contributed by atoms with Gasteiger partial charge in [-0.1, -0.05) is 42.5 Å². The van der Waals surface area contributed by atoms with E-state index in [1.165, 1.54) is 12.1 Å². The van der Waals surface area contributed by atoms with Crippen LogP contribution in [0.3, 0.4) is 0 Å². The molecule has 4 rings (SSSR count). The number of aliphatic imine (C=N–C) groups is 2. The van der Waals surface area contributed by atoms with Gasteiger partial charge in [0.15, 0.2) is 5.82 Å². The topological polar surface area (TPSA) is 113 Å². The van der Waals surface area contributed by atoms with Crippen LogP contribution in [0.15, 0.2) is 88.8 Å². The lowest BCUT2D eigenvalue weighted by Gasteiger charge is -2.13. The minimum atomic E-state index is -1.02. The maximum absolute atomic E-state index is 11.5. The van der Waals surface area contributed by atoms with E-state index >= 15 is 0 Å². The Bertz CT molecular complexity index is 1330. The number of carbonyl (C=O) groups is 1. The van der Waals surface area contributed by atoms with Gasteiger partial charge in [0, 0.05) is 22.9 Å². The summed E-state index contributed by atoms with van der Waals surface area (Å²) in [4.78, 5) is 25.0. The summed E-state index contributed by atoms with van der Waals surface area (Å²) < 4.78 is 0. The van der Waals surface area contributed by atoms with Crippen molar-refractivity contribution in [2.24, 2.45) is 9.98 Å². The number of pyridine rings is 1. The number of benzene rings is 3. The van der Waals surface area contributed by atoms with E-state index in [9.17, 15) is 9.90 Å². The fourth-order valence-corrected chi connectivity index (χ4v) is 3.21. The van der Waals surface area contributed by atoms with E-state index in [4.69, 9.17) is 5.73 Å². The molecule has 0 aliphatic carbocycles. The predicted octanol–water partition coefficient (Wildman–Crippen LogP) is 5.43. The molecule has 0 spiro atoms. The fraction of sp³-hybridized carbons (Fsp3) is 0.0400. The second-order valence-corrected chi connectivity index (χ2v) is 7.07. The maximum Gasteiger partial charge on any atom is 0.335 e. The molecule has 3 aromatic carbocycles. The van der Waals surface area contributed by atoms with Crippen molar-refractivity contribution in [1.29, 1.82) is 0 Å². The molecule has 0 fully saturated rings. The molecule has 32 heavy (non-hydrogen) atoms. The summed E-state index contributed by atoms with van der Waals surface area (Å²) in [6.07, 6.45) is 1.64. The predicted molar refractivity (Wildman–Crippen MR) is 130 cm³/mol. The number of hydrogen-bond donors (Lipinski definition) is 3. The molecule has 0 unspecified atom stereocenters. The van der Waals surface area contributed by atoms with Gasteiger partial charge in [0.1, 0.15) is 5.84 Å². The summed E-state index contributed by atoms with van der Waals surface area (Å²) in [5, 5.41) is 13.3. The minimum Gasteiger partial charge on any atom is -0.478 e. The Hall–Kier alpha value is -4.52. The molecule has 1 heterocycles. The van der Waals surface area contributed by atoms with Crippen LogP contribution in [0.2, 0.25) is 0 Å². The Morgan fingerprint density at radius 1 is 1.03 bits per heavy atom. The molecule has 4 N–H and O–H groups in total. The zero-order valence-corrected chi connectivity index (χ0v) is 17.4. The lowest BCUT2D eigenvalue weighted by Crippen LogP contribution is -2.06. The third-order valence-corrected chi connectivity index (χ3v) is 4.78. The number of carboxylic acid groups (broad SMARTS) is 1. The van der Waals surface area contributed by atoms with Gasteiger partial charge >= 0.3 is 5.97 Å². The lowest BCUT2D eigenvalue weighted by atomic mass is 10.0. The third-order valence-electron chi connectivity index (χ3n) is 4.78.